The van der Waals surface area contributed by atoms with Crippen LogP contribution in [0.3, 0.4) is 0 Å². The molecule has 4 saturated carbocycles. The Bertz CT molecular complexity index is 3940. The number of aryl methyl sites for hydroxylation is 4. The molecule has 1 unspecified atom stereocenters. The minimum atomic E-state index is -1.12. The Labute approximate surface area is 496 Å². The zero-order valence-corrected chi connectivity index (χ0v) is 49.7. The van der Waals surface area contributed by atoms with Crippen LogP contribution in [0.15, 0.2) is 79.6 Å². The number of rotatable bonds is 14. The zero-order chi connectivity index (χ0) is 60.1. The first-order chi connectivity index (χ1) is 41.3. The fourth-order valence-electron chi connectivity index (χ4n) is 12.0. The number of ketones is 4. The van der Waals surface area contributed by atoms with E-state index in [1.54, 1.807) is 50.3 Å². The number of carbonyl (C=O) groups is 4. The molecule has 9 aromatic heterocycles. The highest BCUT2D eigenvalue weighted by atomic mass is 19.1. The van der Waals surface area contributed by atoms with Gasteiger partial charge in [-0.25, -0.2) is 19.3 Å². The van der Waals surface area contributed by atoms with Crippen LogP contribution in [0.5, 0.6) is 17.6 Å². The Morgan fingerprint density at radius 2 is 0.953 bits per heavy atom. The maximum Gasteiger partial charge on any atom is 0.225 e. The van der Waals surface area contributed by atoms with Crippen LogP contribution in [0.2, 0.25) is 0 Å². The standard InChI is InChI=1S/C22H23N5O3.C22H24N4O2.C21H23FN4O2/c1-12(13-4-5-15(28)6-13)30-22-17-11-27(3)25-20(17)9-18(23-22)14-7-19-16(21(29)8-14)10-26(2)24-19;1-13(15-5-7-17(27)9-15)28-22-18-12-26(2)25-21(18)10-20(24-22)16-6-8-19(23-11-16)14-3-4-14;1-12(22)18-7-5-15(10-23-18)19-9-20-17(11-26(3)25-20)21(24-19)28-13(2)14-4-6-16(27)8-14/h7,9-13H,4-6,8H2,1-3H3;6,8,10-15H,3-5,7,9H2,1-2H3;5,7,9-14H,4,6,8H2,1-3H3/t12-,13+;13-,15+;12?,13-,14+/m111/s1. The quantitative estimate of drug-likeness (QED) is 0.0985. The summed E-state index contributed by atoms with van der Waals surface area (Å²) in [6.07, 6.45) is 20.4. The van der Waals surface area contributed by atoms with E-state index in [1.165, 1.54) is 25.5 Å². The summed E-state index contributed by atoms with van der Waals surface area (Å²) in [5, 5.41) is 20.5. The number of alkyl halides is 1. The van der Waals surface area contributed by atoms with Gasteiger partial charge in [-0.2, -0.15) is 20.4 Å². The van der Waals surface area contributed by atoms with Crippen LogP contribution in [-0.2, 0) is 42.6 Å². The Kier molecular flexibility index (Phi) is 16.0. The van der Waals surface area contributed by atoms with Gasteiger partial charge in [-0.1, -0.05) is 0 Å². The average Bonchev–Trinajstić information content (AvgIpc) is 3.67. The lowest BCUT2D eigenvalue weighted by Crippen LogP contribution is -2.22. The summed E-state index contributed by atoms with van der Waals surface area (Å²) in [5.74, 6) is 3.80. The molecule has 14 rings (SSSR count). The van der Waals surface area contributed by atoms with Crippen molar-refractivity contribution >= 4 is 67.5 Å². The summed E-state index contributed by atoms with van der Waals surface area (Å²) in [4.78, 5) is 70.6. The Morgan fingerprint density at radius 3 is 1.35 bits per heavy atom. The molecule has 7 atom stereocenters. The van der Waals surface area contributed by atoms with Crippen molar-refractivity contribution in [2.24, 2.45) is 45.9 Å². The van der Waals surface area contributed by atoms with Crippen LogP contribution in [0, 0.1) is 17.8 Å². The van der Waals surface area contributed by atoms with E-state index < -0.39 is 6.17 Å². The van der Waals surface area contributed by atoms with E-state index in [9.17, 15) is 23.6 Å². The third-order valence-electron chi connectivity index (χ3n) is 17.2. The lowest BCUT2D eigenvalue weighted by Gasteiger charge is -2.20. The summed E-state index contributed by atoms with van der Waals surface area (Å²) >= 11 is 0. The number of halogens is 1. The fourth-order valence-corrected chi connectivity index (χ4v) is 12.0. The van der Waals surface area contributed by atoms with E-state index in [0.29, 0.717) is 108 Å². The molecule has 0 amide bonds. The lowest BCUT2D eigenvalue weighted by atomic mass is 9.94. The molecule has 0 spiro atoms. The number of fused-ring (bicyclic) bond motifs is 4. The van der Waals surface area contributed by atoms with Gasteiger partial charge in [-0.15, -0.1) is 0 Å². The molecule has 5 aliphatic carbocycles. The first-order valence-electron chi connectivity index (χ1n) is 29.8. The molecular weight excluding hydrogens is 1090 g/mol. The highest BCUT2D eigenvalue weighted by Gasteiger charge is 2.33. The maximum absolute atomic E-state index is 13.4. The van der Waals surface area contributed by atoms with Crippen molar-refractivity contribution in [1.29, 1.82) is 0 Å². The number of aromatic nitrogens is 13. The van der Waals surface area contributed by atoms with Gasteiger partial charge in [0, 0.05) is 151 Å². The van der Waals surface area contributed by atoms with E-state index >= 15 is 0 Å². The van der Waals surface area contributed by atoms with Gasteiger partial charge in [0.15, 0.2) is 5.78 Å². The van der Waals surface area contributed by atoms with Crippen molar-refractivity contribution in [2.45, 2.75) is 135 Å². The summed E-state index contributed by atoms with van der Waals surface area (Å²) in [6, 6.07) is 13.4. The molecular formula is C65H70FN13O7. The van der Waals surface area contributed by atoms with Crippen molar-refractivity contribution in [2.75, 3.05) is 0 Å². The molecule has 444 valence electrons. The van der Waals surface area contributed by atoms with Gasteiger partial charge >= 0.3 is 0 Å². The van der Waals surface area contributed by atoms with Crippen molar-refractivity contribution in [3.05, 3.63) is 108 Å². The number of Topliss-reactive ketones (excluding diaryl/α,β-unsaturated/α-hetero) is 4. The summed E-state index contributed by atoms with van der Waals surface area (Å²) in [6.45, 7) is 7.47. The SMILES string of the molecule is CC(F)c1ccc(-c2cc3nn(C)cc3c(O[C@H](C)[C@H]3CCC(=O)C3)n2)cn1.C[C@@H](Oc1nc(-c2ccc(C3CC3)nc2)cc2nn(C)cc12)[C@H]1CCC(=O)C1.C[C@@H](Oc1nc(C2=Cc3nn(C)cc3C(=O)C2)cc2nn(C)cc12)[C@H]1CCC(=O)C1. The smallest absolute Gasteiger partial charge is 0.225 e. The van der Waals surface area contributed by atoms with Crippen LogP contribution in [0.25, 0.3) is 66.9 Å². The van der Waals surface area contributed by atoms with Crippen LogP contribution < -0.4 is 14.2 Å². The molecule has 21 heteroatoms. The Balaban J connectivity index is 0.000000126. The molecule has 0 bridgehead atoms. The summed E-state index contributed by atoms with van der Waals surface area (Å²) in [5.41, 5.74) is 9.89. The van der Waals surface area contributed by atoms with Crippen LogP contribution >= 0.6 is 0 Å². The van der Waals surface area contributed by atoms with E-state index in [4.69, 9.17) is 29.2 Å². The molecule has 9 aromatic rings. The third kappa shape index (κ3) is 12.6. The second-order valence-corrected chi connectivity index (χ2v) is 23.9. The number of nitrogens with zero attached hydrogens (tertiary/aromatic N) is 13. The zero-order valence-electron chi connectivity index (χ0n) is 49.7. The van der Waals surface area contributed by atoms with Crippen molar-refractivity contribution < 1.29 is 37.8 Å². The molecule has 4 fully saturated rings. The number of carbonyl (C=O) groups excluding carboxylic acids is 4. The van der Waals surface area contributed by atoms with Gasteiger partial charge < -0.3 is 14.2 Å². The summed E-state index contributed by atoms with van der Waals surface area (Å²) < 4.78 is 39.0. The molecule has 0 N–H and O–H groups in total. The van der Waals surface area contributed by atoms with Crippen LogP contribution in [0.4, 0.5) is 4.39 Å². The van der Waals surface area contributed by atoms with E-state index in [2.05, 4.69) is 42.5 Å². The molecule has 0 aromatic carbocycles. The first-order valence-corrected chi connectivity index (χ1v) is 29.8. The number of ether oxygens (including phenoxy) is 3. The summed E-state index contributed by atoms with van der Waals surface area (Å²) in [7, 11) is 7.40. The number of pyridine rings is 5. The highest BCUT2D eigenvalue weighted by molar-refractivity contribution is 6.10. The van der Waals surface area contributed by atoms with Crippen LogP contribution in [-0.4, -0.2) is 105 Å². The van der Waals surface area contributed by atoms with Crippen LogP contribution in [0.1, 0.15) is 150 Å². The third-order valence-corrected chi connectivity index (χ3v) is 17.2. The second-order valence-electron chi connectivity index (χ2n) is 23.9. The fraction of sp³-hybridized carbons (Fsp3) is 0.431. The van der Waals surface area contributed by atoms with Gasteiger partial charge in [0.2, 0.25) is 17.6 Å². The predicted octanol–water partition coefficient (Wildman–Crippen LogP) is 11.2. The topological polar surface area (TPSA) is 232 Å². The average molecular weight is 1160 g/mol. The van der Waals surface area contributed by atoms with Gasteiger partial charge in [0.1, 0.15) is 41.8 Å². The molecule has 5 aliphatic rings. The molecule has 0 radical (unpaired) electrons. The first kappa shape index (κ1) is 57.5. The molecule has 86 heavy (non-hydrogen) atoms. The molecule has 0 saturated heterocycles. The maximum atomic E-state index is 13.4. The Morgan fingerprint density at radius 1 is 0.523 bits per heavy atom. The monoisotopic (exact) mass is 1160 g/mol. The minimum Gasteiger partial charge on any atom is -0.474 e. The molecule has 9 heterocycles. The minimum absolute atomic E-state index is 0.0267. The number of allylic oxidation sites excluding steroid dienone is 1. The predicted molar refractivity (Wildman–Crippen MR) is 321 cm³/mol. The van der Waals surface area contributed by atoms with Crippen molar-refractivity contribution in [3.63, 3.8) is 0 Å². The van der Waals surface area contributed by atoms with Crippen molar-refractivity contribution in [3.8, 4) is 40.2 Å². The largest absolute Gasteiger partial charge is 0.474 e. The van der Waals surface area contributed by atoms with E-state index in [0.717, 1.165) is 74.4 Å². The van der Waals surface area contributed by atoms with Gasteiger partial charge in [-0.3, -0.25) is 47.9 Å². The molecule has 0 aliphatic heterocycles. The normalized spacial score (nSPS) is 19.9. The van der Waals surface area contributed by atoms with E-state index in [1.807, 2.05) is 91.0 Å². The van der Waals surface area contributed by atoms with Gasteiger partial charge in [0.05, 0.1) is 66.7 Å². The second kappa shape index (κ2) is 23.9. The number of hydrogen-bond donors (Lipinski definition) is 0. The lowest BCUT2D eigenvalue weighted by molar-refractivity contribution is -0.118. The number of hydrogen-bond acceptors (Lipinski definition) is 16. The highest BCUT2D eigenvalue weighted by Crippen LogP contribution is 2.41. The molecule has 20 nitrogen and oxygen atoms in total. The van der Waals surface area contributed by atoms with Gasteiger partial charge in [0.25, 0.3) is 0 Å². The van der Waals surface area contributed by atoms with Gasteiger partial charge in [-0.05, 0) is 114 Å². The Hall–Kier alpha value is -8.88. The van der Waals surface area contributed by atoms with E-state index in [-0.39, 0.29) is 48.3 Å². The van der Waals surface area contributed by atoms with Crippen molar-refractivity contribution in [1.82, 2.24) is 64.0 Å².